The summed E-state index contributed by atoms with van der Waals surface area (Å²) in [5, 5.41) is 4.45. The highest BCUT2D eigenvalue weighted by atomic mass is 19.4. The molecule has 0 aliphatic heterocycles. The van der Waals surface area contributed by atoms with Crippen molar-refractivity contribution >= 4 is 23.2 Å². The molecule has 0 aromatic heterocycles. The lowest BCUT2D eigenvalue weighted by Crippen LogP contribution is -2.18. The van der Waals surface area contributed by atoms with Crippen molar-refractivity contribution in [2.24, 2.45) is 0 Å². The van der Waals surface area contributed by atoms with E-state index in [1.807, 2.05) is 0 Å². The Morgan fingerprint density at radius 1 is 0.839 bits per heavy atom. The van der Waals surface area contributed by atoms with Gasteiger partial charge in [0.05, 0.1) is 29.5 Å². The van der Waals surface area contributed by atoms with Gasteiger partial charge in [0.25, 0.3) is 11.8 Å². The number of carbonyl (C=O) groups is 2. The van der Waals surface area contributed by atoms with Crippen molar-refractivity contribution in [3.8, 4) is 5.75 Å². The summed E-state index contributed by atoms with van der Waals surface area (Å²) in [5.41, 5.74) is -2.16. The molecule has 3 rings (SSSR count). The summed E-state index contributed by atoms with van der Waals surface area (Å²) in [4.78, 5) is 24.7. The van der Waals surface area contributed by atoms with E-state index in [1.165, 1.54) is 43.5 Å². The van der Waals surface area contributed by atoms with Crippen LogP contribution in [0, 0.1) is 5.82 Å². The van der Waals surface area contributed by atoms with Crippen molar-refractivity contribution in [3.63, 3.8) is 0 Å². The molecule has 3 aromatic carbocycles. The number of rotatable bonds is 5. The maximum absolute atomic E-state index is 13.7. The lowest BCUT2D eigenvalue weighted by molar-refractivity contribution is -0.136. The van der Waals surface area contributed by atoms with Crippen molar-refractivity contribution in [1.82, 2.24) is 0 Å². The predicted octanol–water partition coefficient (Wildman–Crippen LogP) is 5.36. The summed E-state index contributed by atoms with van der Waals surface area (Å²) in [7, 11) is 1.33. The van der Waals surface area contributed by atoms with E-state index < -0.39 is 35.1 Å². The molecular weight excluding hydrogens is 416 g/mol. The third-order valence-electron chi connectivity index (χ3n) is 4.30. The van der Waals surface area contributed by atoms with Gasteiger partial charge in [-0.1, -0.05) is 24.3 Å². The minimum Gasteiger partial charge on any atom is -0.496 e. The number of halogens is 4. The van der Waals surface area contributed by atoms with Gasteiger partial charge in [-0.3, -0.25) is 9.59 Å². The van der Waals surface area contributed by atoms with E-state index in [0.717, 1.165) is 12.1 Å². The number of carbonyl (C=O) groups excluding carboxylic acids is 2. The molecule has 0 bridgehead atoms. The standard InChI is InChI=1S/C22H16F4N2O3/c1-31-19-9-5-3-7-15(19)21(30)28-18-11-10-13(12-16(18)22(24,25)26)27-20(29)14-6-2-4-8-17(14)23/h2-12H,1H3,(H,27,29)(H,28,30). The number of amides is 2. The van der Waals surface area contributed by atoms with Gasteiger partial charge in [-0.2, -0.15) is 13.2 Å². The molecule has 2 N–H and O–H groups in total. The zero-order valence-corrected chi connectivity index (χ0v) is 16.1. The van der Waals surface area contributed by atoms with Crippen LogP contribution >= 0.6 is 0 Å². The van der Waals surface area contributed by atoms with Crippen molar-refractivity contribution < 1.29 is 31.9 Å². The van der Waals surface area contributed by atoms with Crippen LogP contribution in [0.4, 0.5) is 28.9 Å². The Balaban J connectivity index is 1.89. The number of ether oxygens (including phenoxy) is 1. The van der Waals surface area contributed by atoms with Gasteiger partial charge in [-0.15, -0.1) is 0 Å². The van der Waals surface area contributed by atoms with E-state index in [2.05, 4.69) is 10.6 Å². The lowest BCUT2D eigenvalue weighted by atomic mass is 10.1. The second kappa shape index (κ2) is 8.86. The van der Waals surface area contributed by atoms with Gasteiger partial charge in [-0.05, 0) is 42.5 Å². The number of benzene rings is 3. The zero-order valence-electron chi connectivity index (χ0n) is 16.1. The van der Waals surface area contributed by atoms with Crippen LogP contribution in [0.2, 0.25) is 0 Å². The van der Waals surface area contributed by atoms with Crippen LogP contribution in [0.1, 0.15) is 26.3 Å². The first-order valence-electron chi connectivity index (χ1n) is 8.92. The van der Waals surface area contributed by atoms with Crippen molar-refractivity contribution in [3.05, 3.63) is 89.2 Å². The Labute approximate surface area is 174 Å². The normalized spacial score (nSPS) is 11.0. The molecular formula is C22H16F4N2O3. The van der Waals surface area contributed by atoms with Gasteiger partial charge in [0, 0.05) is 5.69 Å². The summed E-state index contributed by atoms with van der Waals surface area (Å²) < 4.78 is 59.6. The third kappa shape index (κ3) is 5.00. The molecule has 0 aliphatic rings. The minimum absolute atomic E-state index is 0.0510. The Hall–Kier alpha value is -3.88. The monoisotopic (exact) mass is 432 g/mol. The maximum atomic E-state index is 13.7. The fourth-order valence-electron chi connectivity index (χ4n) is 2.83. The summed E-state index contributed by atoms with van der Waals surface area (Å²) >= 11 is 0. The fourth-order valence-corrected chi connectivity index (χ4v) is 2.83. The molecule has 3 aromatic rings. The topological polar surface area (TPSA) is 67.4 Å². The van der Waals surface area contributed by atoms with Crippen LogP contribution in [0.25, 0.3) is 0 Å². The molecule has 0 fully saturated rings. The Bertz CT molecular complexity index is 1130. The van der Waals surface area contributed by atoms with Gasteiger partial charge in [0.1, 0.15) is 11.6 Å². The minimum atomic E-state index is -4.83. The second-order valence-corrected chi connectivity index (χ2v) is 6.35. The van der Waals surface area contributed by atoms with Crippen LogP contribution < -0.4 is 15.4 Å². The van der Waals surface area contributed by atoms with Crippen molar-refractivity contribution in [2.45, 2.75) is 6.18 Å². The Morgan fingerprint density at radius 2 is 1.45 bits per heavy atom. The largest absolute Gasteiger partial charge is 0.496 e. The number of hydrogen-bond acceptors (Lipinski definition) is 3. The summed E-state index contributed by atoms with van der Waals surface area (Å²) in [6, 6.07) is 14.0. The summed E-state index contributed by atoms with van der Waals surface area (Å²) in [6.45, 7) is 0. The molecule has 0 unspecified atom stereocenters. The number of methoxy groups -OCH3 is 1. The molecule has 0 atom stereocenters. The number of anilines is 2. The van der Waals surface area contributed by atoms with Crippen molar-refractivity contribution in [2.75, 3.05) is 17.7 Å². The van der Waals surface area contributed by atoms with E-state index in [9.17, 15) is 27.2 Å². The molecule has 0 saturated carbocycles. The molecule has 0 saturated heterocycles. The van der Waals surface area contributed by atoms with Crippen molar-refractivity contribution in [1.29, 1.82) is 0 Å². The fraction of sp³-hybridized carbons (Fsp3) is 0.0909. The van der Waals surface area contributed by atoms with Crippen LogP contribution in [0.15, 0.2) is 66.7 Å². The molecule has 5 nitrogen and oxygen atoms in total. The molecule has 160 valence electrons. The lowest BCUT2D eigenvalue weighted by Gasteiger charge is -2.16. The van der Waals surface area contributed by atoms with E-state index in [0.29, 0.717) is 6.07 Å². The van der Waals surface area contributed by atoms with Gasteiger partial charge < -0.3 is 15.4 Å². The number of hydrogen-bond donors (Lipinski definition) is 2. The number of nitrogens with one attached hydrogen (secondary N) is 2. The van der Waals surface area contributed by atoms with Crippen LogP contribution in [0.3, 0.4) is 0 Å². The molecule has 31 heavy (non-hydrogen) atoms. The smallest absolute Gasteiger partial charge is 0.418 e. The third-order valence-corrected chi connectivity index (χ3v) is 4.30. The second-order valence-electron chi connectivity index (χ2n) is 6.35. The highest BCUT2D eigenvalue weighted by molar-refractivity contribution is 6.07. The molecule has 0 heterocycles. The Kier molecular flexibility index (Phi) is 6.24. The van der Waals surface area contributed by atoms with Gasteiger partial charge in [0.15, 0.2) is 0 Å². The van der Waals surface area contributed by atoms with Gasteiger partial charge in [-0.25, -0.2) is 4.39 Å². The van der Waals surface area contributed by atoms with E-state index in [1.54, 1.807) is 12.1 Å². The molecule has 2 amide bonds. The average molecular weight is 432 g/mol. The summed E-state index contributed by atoms with van der Waals surface area (Å²) in [5.74, 6) is -2.32. The highest BCUT2D eigenvalue weighted by Gasteiger charge is 2.34. The first-order chi connectivity index (χ1) is 14.7. The highest BCUT2D eigenvalue weighted by Crippen LogP contribution is 2.37. The molecule has 0 spiro atoms. The first kappa shape index (κ1) is 21.8. The number of para-hydroxylation sites is 1. The van der Waals surface area contributed by atoms with E-state index >= 15 is 0 Å². The molecule has 9 heteroatoms. The van der Waals surface area contributed by atoms with Gasteiger partial charge in [0.2, 0.25) is 0 Å². The summed E-state index contributed by atoms with van der Waals surface area (Å²) in [6.07, 6.45) is -4.83. The van der Waals surface area contributed by atoms with E-state index in [4.69, 9.17) is 4.74 Å². The first-order valence-corrected chi connectivity index (χ1v) is 8.92. The average Bonchev–Trinajstić information content (AvgIpc) is 2.74. The number of alkyl halides is 3. The molecule has 0 radical (unpaired) electrons. The predicted molar refractivity (Wildman–Crippen MR) is 107 cm³/mol. The van der Waals surface area contributed by atoms with Gasteiger partial charge >= 0.3 is 6.18 Å². The zero-order chi connectivity index (χ0) is 22.6. The SMILES string of the molecule is COc1ccccc1C(=O)Nc1ccc(NC(=O)c2ccccc2F)cc1C(F)(F)F. The quantitative estimate of drug-likeness (QED) is 0.534. The van der Waals surface area contributed by atoms with Crippen LogP contribution in [-0.2, 0) is 6.18 Å². The molecule has 0 aliphatic carbocycles. The van der Waals surface area contributed by atoms with E-state index in [-0.39, 0.29) is 22.6 Å². The Morgan fingerprint density at radius 3 is 2.10 bits per heavy atom. The van der Waals surface area contributed by atoms with Crippen LogP contribution in [0.5, 0.6) is 5.75 Å². The van der Waals surface area contributed by atoms with Crippen LogP contribution in [-0.4, -0.2) is 18.9 Å². The maximum Gasteiger partial charge on any atom is 0.418 e.